The van der Waals surface area contributed by atoms with Crippen LogP contribution in [-0.2, 0) is 18.0 Å². The SMILES string of the molecule is COc1ccccc1C(C)NC(=O)COc1cc(C(F)(F)F)c2c(-c3ccccc3)nn(C)c2n1. The number of para-hydroxylation sites is 1. The molecule has 2 heterocycles. The van der Waals surface area contributed by atoms with Gasteiger partial charge in [0.2, 0.25) is 5.88 Å². The first-order valence-electron chi connectivity index (χ1n) is 10.7. The van der Waals surface area contributed by atoms with Crippen molar-refractivity contribution >= 4 is 16.9 Å². The predicted molar refractivity (Wildman–Crippen MR) is 124 cm³/mol. The number of carbonyl (C=O) groups excluding carboxylic acids is 1. The van der Waals surface area contributed by atoms with E-state index in [1.54, 1.807) is 43.3 Å². The van der Waals surface area contributed by atoms with Gasteiger partial charge in [0.25, 0.3) is 5.91 Å². The molecule has 0 saturated heterocycles. The van der Waals surface area contributed by atoms with Crippen LogP contribution in [0.15, 0.2) is 60.7 Å². The second kappa shape index (κ2) is 9.65. The van der Waals surface area contributed by atoms with Crippen LogP contribution >= 0.6 is 0 Å². The zero-order valence-electron chi connectivity index (χ0n) is 19.3. The smallest absolute Gasteiger partial charge is 0.417 e. The molecular weight excluding hydrogens is 461 g/mol. The molecule has 0 aliphatic rings. The van der Waals surface area contributed by atoms with Gasteiger partial charge in [-0.25, -0.2) is 4.68 Å². The van der Waals surface area contributed by atoms with Crippen LogP contribution in [0, 0.1) is 0 Å². The number of carbonyl (C=O) groups is 1. The molecule has 1 unspecified atom stereocenters. The van der Waals surface area contributed by atoms with Gasteiger partial charge in [-0.2, -0.15) is 23.3 Å². The Balaban J connectivity index is 1.59. The fourth-order valence-corrected chi connectivity index (χ4v) is 3.84. The normalized spacial score (nSPS) is 12.4. The van der Waals surface area contributed by atoms with E-state index in [1.165, 1.54) is 18.8 Å². The summed E-state index contributed by atoms with van der Waals surface area (Å²) in [6.45, 7) is 1.25. The van der Waals surface area contributed by atoms with Crippen molar-refractivity contribution in [3.05, 3.63) is 71.8 Å². The Bertz CT molecular complexity index is 1350. The lowest BCUT2D eigenvalue weighted by molar-refractivity contribution is -0.136. The molecule has 35 heavy (non-hydrogen) atoms. The van der Waals surface area contributed by atoms with Crippen molar-refractivity contribution < 1.29 is 27.4 Å². The maximum Gasteiger partial charge on any atom is 0.417 e. The molecule has 1 N–H and O–H groups in total. The number of benzene rings is 2. The number of aryl methyl sites for hydroxylation is 1. The molecule has 0 radical (unpaired) electrons. The molecule has 0 aliphatic heterocycles. The number of ether oxygens (including phenoxy) is 2. The lowest BCUT2D eigenvalue weighted by Crippen LogP contribution is -2.31. The summed E-state index contributed by atoms with van der Waals surface area (Å²) in [6, 6.07) is 16.2. The lowest BCUT2D eigenvalue weighted by atomic mass is 10.0. The van der Waals surface area contributed by atoms with Crippen molar-refractivity contribution in [2.24, 2.45) is 7.05 Å². The van der Waals surface area contributed by atoms with E-state index in [-0.39, 0.29) is 22.6 Å². The first-order valence-corrected chi connectivity index (χ1v) is 10.7. The van der Waals surface area contributed by atoms with Crippen LogP contribution in [0.5, 0.6) is 11.6 Å². The Morgan fingerprint density at radius 2 is 1.80 bits per heavy atom. The van der Waals surface area contributed by atoms with Gasteiger partial charge in [-0.3, -0.25) is 4.79 Å². The number of halogens is 3. The topological polar surface area (TPSA) is 78.3 Å². The average Bonchev–Trinajstić information content (AvgIpc) is 3.18. The molecule has 0 saturated carbocycles. The molecule has 4 aromatic rings. The number of nitrogens with one attached hydrogen (secondary N) is 1. The number of hydrogen-bond acceptors (Lipinski definition) is 5. The summed E-state index contributed by atoms with van der Waals surface area (Å²) < 4.78 is 54.0. The maximum atomic E-state index is 14.0. The van der Waals surface area contributed by atoms with E-state index in [4.69, 9.17) is 9.47 Å². The van der Waals surface area contributed by atoms with E-state index in [0.717, 1.165) is 11.6 Å². The highest BCUT2D eigenvalue weighted by molar-refractivity contribution is 5.94. The summed E-state index contributed by atoms with van der Waals surface area (Å²) in [5.74, 6) is -0.241. The van der Waals surface area contributed by atoms with Crippen LogP contribution in [0.1, 0.15) is 24.1 Å². The number of methoxy groups -OCH3 is 1. The molecular formula is C25H23F3N4O3. The molecule has 7 nitrogen and oxygen atoms in total. The van der Waals surface area contributed by atoms with Gasteiger partial charge in [0.05, 0.1) is 24.1 Å². The molecule has 0 aliphatic carbocycles. The Hall–Kier alpha value is -4.08. The third-order valence-corrected chi connectivity index (χ3v) is 5.46. The van der Waals surface area contributed by atoms with Gasteiger partial charge in [0, 0.05) is 24.2 Å². The molecule has 0 bridgehead atoms. The summed E-state index contributed by atoms with van der Waals surface area (Å²) in [6.07, 6.45) is -4.69. The fourth-order valence-electron chi connectivity index (χ4n) is 3.84. The zero-order valence-corrected chi connectivity index (χ0v) is 19.3. The van der Waals surface area contributed by atoms with Crippen molar-refractivity contribution in [2.45, 2.75) is 19.1 Å². The number of amides is 1. The molecule has 1 amide bonds. The highest BCUT2D eigenvalue weighted by Crippen LogP contribution is 2.40. The number of fused-ring (bicyclic) bond motifs is 1. The highest BCUT2D eigenvalue weighted by Gasteiger charge is 2.36. The molecule has 2 aromatic heterocycles. The van der Waals surface area contributed by atoms with Gasteiger partial charge in [0.1, 0.15) is 11.4 Å². The minimum Gasteiger partial charge on any atom is -0.496 e. The van der Waals surface area contributed by atoms with Crippen LogP contribution < -0.4 is 14.8 Å². The van der Waals surface area contributed by atoms with Gasteiger partial charge >= 0.3 is 6.18 Å². The van der Waals surface area contributed by atoms with Gasteiger partial charge in [-0.05, 0) is 13.0 Å². The number of alkyl halides is 3. The van der Waals surface area contributed by atoms with Crippen LogP contribution in [0.2, 0.25) is 0 Å². The van der Waals surface area contributed by atoms with Crippen LogP contribution in [0.3, 0.4) is 0 Å². The maximum absolute atomic E-state index is 14.0. The number of hydrogen-bond donors (Lipinski definition) is 1. The Morgan fingerprint density at radius 1 is 1.11 bits per heavy atom. The first-order chi connectivity index (χ1) is 16.7. The van der Waals surface area contributed by atoms with E-state index in [1.807, 2.05) is 18.2 Å². The molecule has 4 rings (SSSR count). The van der Waals surface area contributed by atoms with Crippen molar-refractivity contribution in [1.82, 2.24) is 20.1 Å². The van der Waals surface area contributed by atoms with E-state index in [2.05, 4.69) is 15.4 Å². The second-order valence-electron chi connectivity index (χ2n) is 7.86. The van der Waals surface area contributed by atoms with Crippen LogP contribution in [0.25, 0.3) is 22.3 Å². The molecule has 1 atom stereocenters. The van der Waals surface area contributed by atoms with Gasteiger partial charge in [0.15, 0.2) is 12.3 Å². The van der Waals surface area contributed by atoms with Crippen molar-refractivity contribution in [2.75, 3.05) is 13.7 Å². The molecule has 182 valence electrons. The Labute approximate surface area is 199 Å². The zero-order chi connectivity index (χ0) is 25.2. The summed E-state index contributed by atoms with van der Waals surface area (Å²) in [4.78, 5) is 16.7. The first kappa shape index (κ1) is 24.1. The molecule has 0 fully saturated rings. The number of pyridine rings is 1. The van der Waals surface area contributed by atoms with Crippen molar-refractivity contribution in [3.8, 4) is 22.9 Å². The number of rotatable bonds is 7. The number of aromatic nitrogens is 3. The predicted octanol–water partition coefficient (Wildman–Crippen LogP) is 4.92. The summed E-state index contributed by atoms with van der Waals surface area (Å²) in [7, 11) is 3.03. The van der Waals surface area contributed by atoms with Crippen LogP contribution in [0.4, 0.5) is 13.2 Å². The third-order valence-electron chi connectivity index (χ3n) is 5.46. The molecule has 10 heteroatoms. The minimum atomic E-state index is -4.69. The molecule has 0 spiro atoms. The van der Waals surface area contributed by atoms with Crippen LogP contribution in [-0.4, -0.2) is 34.4 Å². The lowest BCUT2D eigenvalue weighted by Gasteiger charge is -2.17. The quantitative estimate of drug-likeness (QED) is 0.403. The Morgan fingerprint density at radius 3 is 2.49 bits per heavy atom. The largest absolute Gasteiger partial charge is 0.496 e. The van der Waals surface area contributed by atoms with E-state index in [0.29, 0.717) is 11.3 Å². The summed E-state index contributed by atoms with van der Waals surface area (Å²) in [5.41, 5.74) is 0.510. The number of nitrogens with zero attached hydrogens (tertiary/aromatic N) is 3. The van der Waals surface area contributed by atoms with E-state index < -0.39 is 30.3 Å². The van der Waals surface area contributed by atoms with Crippen molar-refractivity contribution in [1.29, 1.82) is 0 Å². The second-order valence-corrected chi connectivity index (χ2v) is 7.86. The van der Waals surface area contributed by atoms with Gasteiger partial charge < -0.3 is 14.8 Å². The van der Waals surface area contributed by atoms with Crippen molar-refractivity contribution in [3.63, 3.8) is 0 Å². The molecule has 2 aromatic carbocycles. The average molecular weight is 484 g/mol. The standard InChI is InChI=1S/C25H23F3N4O3/c1-15(17-11-7-8-12-19(17)34-3)29-20(33)14-35-21-13-18(25(26,27)28)22-23(16-9-5-4-6-10-16)31-32(2)24(22)30-21/h4-13,15H,14H2,1-3H3,(H,29,33). The van der Waals surface area contributed by atoms with E-state index >= 15 is 0 Å². The third kappa shape index (κ3) is 5.06. The van der Waals surface area contributed by atoms with E-state index in [9.17, 15) is 18.0 Å². The van der Waals surface area contributed by atoms with Gasteiger partial charge in [-0.15, -0.1) is 0 Å². The summed E-state index contributed by atoms with van der Waals surface area (Å²) >= 11 is 0. The summed E-state index contributed by atoms with van der Waals surface area (Å²) in [5, 5.41) is 6.88. The monoisotopic (exact) mass is 484 g/mol. The highest BCUT2D eigenvalue weighted by atomic mass is 19.4. The fraction of sp³-hybridized carbons (Fsp3) is 0.240. The Kier molecular flexibility index (Phi) is 6.63. The van der Waals surface area contributed by atoms with Gasteiger partial charge in [-0.1, -0.05) is 48.5 Å². The minimum absolute atomic E-state index is 0.00326.